The lowest BCUT2D eigenvalue weighted by molar-refractivity contribution is 0.311. The van der Waals surface area contributed by atoms with Gasteiger partial charge in [-0.2, -0.15) is 5.10 Å². The normalized spacial score (nSPS) is 17.9. The van der Waals surface area contributed by atoms with Gasteiger partial charge in [-0.3, -0.25) is 4.68 Å². The minimum atomic E-state index is -0.240. The summed E-state index contributed by atoms with van der Waals surface area (Å²) in [6, 6.07) is 6.64. The van der Waals surface area contributed by atoms with E-state index in [0.717, 1.165) is 29.7 Å². The lowest BCUT2D eigenvalue weighted by Crippen LogP contribution is -2.26. The molecule has 21 heavy (non-hydrogen) atoms. The van der Waals surface area contributed by atoms with Gasteiger partial charge in [-0.1, -0.05) is 38.3 Å². The molecule has 0 radical (unpaired) electrons. The number of aromatic nitrogens is 2. The van der Waals surface area contributed by atoms with Crippen molar-refractivity contribution < 1.29 is 4.39 Å². The van der Waals surface area contributed by atoms with Crippen LogP contribution in [-0.4, -0.2) is 9.78 Å². The molecule has 1 fully saturated rings. The number of benzene rings is 1. The monoisotopic (exact) mass is 287 g/mol. The van der Waals surface area contributed by atoms with E-state index < -0.39 is 0 Å². The van der Waals surface area contributed by atoms with E-state index in [1.165, 1.54) is 25.3 Å². The van der Waals surface area contributed by atoms with Crippen molar-refractivity contribution in [3.63, 3.8) is 0 Å². The third-order valence-electron chi connectivity index (χ3n) is 4.73. The molecule has 1 aromatic carbocycles. The molecule has 3 nitrogen and oxygen atoms in total. The molecule has 0 atom stereocenters. The SMILES string of the molecule is Cn1nc(C2(C)CCCCC2)c(-c2cccc(F)c2)c1N. The number of nitrogens with zero attached hydrogens (tertiary/aromatic N) is 2. The standard InChI is InChI=1S/C17H22FN3/c1-17(9-4-3-5-10-17)15-14(16(19)21(2)20-15)12-7-6-8-13(18)11-12/h6-8,11H,3-5,9-10,19H2,1-2H3. The molecule has 2 N–H and O–H groups in total. The summed E-state index contributed by atoms with van der Waals surface area (Å²) < 4.78 is 15.3. The first kappa shape index (κ1) is 14.1. The van der Waals surface area contributed by atoms with Crippen LogP contribution in [0.2, 0.25) is 0 Å². The van der Waals surface area contributed by atoms with Crippen LogP contribution in [0.25, 0.3) is 11.1 Å². The van der Waals surface area contributed by atoms with Crippen LogP contribution in [0, 0.1) is 5.82 Å². The molecule has 1 aliphatic rings. The van der Waals surface area contributed by atoms with E-state index in [-0.39, 0.29) is 11.2 Å². The Kier molecular flexibility index (Phi) is 3.47. The summed E-state index contributed by atoms with van der Waals surface area (Å²) >= 11 is 0. The summed E-state index contributed by atoms with van der Waals surface area (Å²) in [6.07, 6.45) is 5.95. The maximum absolute atomic E-state index is 13.6. The predicted octanol–water partition coefficient (Wildman–Crippen LogP) is 4.03. The molecule has 0 amide bonds. The molecule has 0 saturated heterocycles. The van der Waals surface area contributed by atoms with Crippen molar-refractivity contribution >= 4 is 5.82 Å². The summed E-state index contributed by atoms with van der Waals surface area (Å²) in [5.41, 5.74) is 9.01. The zero-order chi connectivity index (χ0) is 15.0. The van der Waals surface area contributed by atoms with Gasteiger partial charge < -0.3 is 5.73 Å². The number of hydrogen-bond acceptors (Lipinski definition) is 2. The van der Waals surface area contributed by atoms with Crippen molar-refractivity contribution in [3.8, 4) is 11.1 Å². The molecular formula is C17H22FN3. The average molecular weight is 287 g/mol. The van der Waals surface area contributed by atoms with Gasteiger partial charge in [-0.05, 0) is 30.5 Å². The number of hydrogen-bond donors (Lipinski definition) is 1. The molecule has 0 bridgehead atoms. The highest BCUT2D eigenvalue weighted by Gasteiger charge is 2.35. The summed E-state index contributed by atoms with van der Waals surface area (Å²) in [5.74, 6) is 0.373. The second-order valence-corrected chi connectivity index (χ2v) is 6.36. The largest absolute Gasteiger partial charge is 0.383 e. The first-order valence-corrected chi connectivity index (χ1v) is 7.60. The Morgan fingerprint density at radius 2 is 1.95 bits per heavy atom. The molecule has 1 aliphatic carbocycles. The molecule has 0 aliphatic heterocycles. The van der Waals surface area contributed by atoms with Gasteiger partial charge in [0.15, 0.2) is 0 Å². The topological polar surface area (TPSA) is 43.8 Å². The quantitative estimate of drug-likeness (QED) is 0.906. The summed E-state index contributed by atoms with van der Waals surface area (Å²) in [6.45, 7) is 2.26. The Hall–Kier alpha value is -1.84. The Bertz CT molecular complexity index is 654. The van der Waals surface area contributed by atoms with Crippen LogP contribution in [0.1, 0.15) is 44.7 Å². The zero-order valence-electron chi connectivity index (χ0n) is 12.7. The van der Waals surface area contributed by atoms with E-state index in [2.05, 4.69) is 12.0 Å². The molecule has 1 saturated carbocycles. The van der Waals surface area contributed by atoms with Crippen LogP contribution >= 0.6 is 0 Å². The van der Waals surface area contributed by atoms with Crippen molar-refractivity contribution in [1.29, 1.82) is 0 Å². The van der Waals surface area contributed by atoms with Crippen molar-refractivity contribution in [3.05, 3.63) is 35.8 Å². The van der Waals surface area contributed by atoms with Crippen molar-refractivity contribution in [1.82, 2.24) is 9.78 Å². The lowest BCUT2D eigenvalue weighted by atomic mass is 9.72. The van der Waals surface area contributed by atoms with E-state index in [4.69, 9.17) is 5.73 Å². The number of halogens is 1. The van der Waals surface area contributed by atoms with Gasteiger partial charge in [0.05, 0.1) is 5.69 Å². The smallest absolute Gasteiger partial charge is 0.129 e. The van der Waals surface area contributed by atoms with Crippen LogP contribution in [0.4, 0.5) is 10.2 Å². The second kappa shape index (κ2) is 5.17. The molecule has 112 valence electrons. The fourth-order valence-electron chi connectivity index (χ4n) is 3.46. The van der Waals surface area contributed by atoms with Gasteiger partial charge in [0, 0.05) is 18.0 Å². The number of rotatable bonds is 2. The van der Waals surface area contributed by atoms with Crippen LogP contribution in [0.3, 0.4) is 0 Å². The molecule has 1 heterocycles. The molecule has 0 unspecified atom stereocenters. The third kappa shape index (κ3) is 2.43. The molecule has 2 aromatic rings. The summed E-state index contributed by atoms with van der Waals surface area (Å²) in [5, 5.41) is 4.68. The maximum Gasteiger partial charge on any atom is 0.129 e. The molecule has 1 aromatic heterocycles. The second-order valence-electron chi connectivity index (χ2n) is 6.36. The van der Waals surface area contributed by atoms with Crippen LogP contribution in [0.5, 0.6) is 0 Å². The molecular weight excluding hydrogens is 265 g/mol. The molecule has 0 spiro atoms. The highest BCUT2D eigenvalue weighted by Crippen LogP contribution is 2.44. The van der Waals surface area contributed by atoms with E-state index in [0.29, 0.717) is 5.82 Å². The van der Waals surface area contributed by atoms with Gasteiger partial charge in [-0.15, -0.1) is 0 Å². The van der Waals surface area contributed by atoms with Crippen LogP contribution in [-0.2, 0) is 12.5 Å². The van der Waals surface area contributed by atoms with Gasteiger partial charge in [0.1, 0.15) is 11.6 Å². The number of anilines is 1. The number of nitrogen functional groups attached to an aromatic ring is 1. The van der Waals surface area contributed by atoms with E-state index >= 15 is 0 Å². The highest BCUT2D eigenvalue weighted by molar-refractivity contribution is 5.77. The lowest BCUT2D eigenvalue weighted by Gasteiger charge is -2.32. The number of nitrogens with two attached hydrogens (primary N) is 1. The number of aryl methyl sites for hydroxylation is 1. The van der Waals surface area contributed by atoms with Gasteiger partial charge in [-0.25, -0.2) is 4.39 Å². The van der Waals surface area contributed by atoms with Gasteiger partial charge in [0.2, 0.25) is 0 Å². The van der Waals surface area contributed by atoms with E-state index in [1.54, 1.807) is 16.8 Å². The fraction of sp³-hybridized carbons (Fsp3) is 0.471. The molecule has 3 rings (SSSR count). The van der Waals surface area contributed by atoms with E-state index in [1.807, 2.05) is 13.1 Å². The van der Waals surface area contributed by atoms with Gasteiger partial charge >= 0.3 is 0 Å². The van der Waals surface area contributed by atoms with Gasteiger partial charge in [0.25, 0.3) is 0 Å². The van der Waals surface area contributed by atoms with Crippen LogP contribution < -0.4 is 5.73 Å². The summed E-state index contributed by atoms with van der Waals surface area (Å²) in [4.78, 5) is 0. The third-order valence-corrected chi connectivity index (χ3v) is 4.73. The maximum atomic E-state index is 13.6. The fourth-order valence-corrected chi connectivity index (χ4v) is 3.46. The minimum absolute atomic E-state index is 0.0370. The Morgan fingerprint density at radius 1 is 1.24 bits per heavy atom. The Morgan fingerprint density at radius 3 is 2.62 bits per heavy atom. The minimum Gasteiger partial charge on any atom is -0.383 e. The summed E-state index contributed by atoms with van der Waals surface area (Å²) in [7, 11) is 1.85. The van der Waals surface area contributed by atoms with Crippen molar-refractivity contribution in [2.24, 2.45) is 7.05 Å². The van der Waals surface area contributed by atoms with E-state index in [9.17, 15) is 4.39 Å². The van der Waals surface area contributed by atoms with Crippen molar-refractivity contribution in [2.45, 2.75) is 44.4 Å². The first-order valence-electron chi connectivity index (χ1n) is 7.60. The van der Waals surface area contributed by atoms with Crippen LogP contribution in [0.15, 0.2) is 24.3 Å². The first-order chi connectivity index (χ1) is 10.0. The Labute approximate surface area is 125 Å². The average Bonchev–Trinajstić information content (AvgIpc) is 2.77. The van der Waals surface area contributed by atoms with Crippen molar-refractivity contribution in [2.75, 3.05) is 5.73 Å². The highest BCUT2D eigenvalue weighted by atomic mass is 19.1. The molecule has 4 heteroatoms. The zero-order valence-corrected chi connectivity index (χ0v) is 12.7. The predicted molar refractivity (Wildman–Crippen MR) is 83.5 cm³/mol. The Balaban J connectivity index is 2.16.